The molecule has 11 heavy (non-hydrogen) atoms. The van der Waals surface area contributed by atoms with E-state index in [1.54, 1.807) is 0 Å². The third kappa shape index (κ3) is 40.5. The molecule has 0 unspecified atom stereocenters. The first-order chi connectivity index (χ1) is 5.41. The predicted octanol–water partition coefficient (Wildman–Crippen LogP) is 2.13. The van der Waals surface area contributed by atoms with Gasteiger partial charge in [-0.05, 0) is 25.9 Å². The molecule has 0 saturated carbocycles. The summed E-state index contributed by atoms with van der Waals surface area (Å²) in [5.74, 6) is 0. The molecule has 0 aliphatic rings. The van der Waals surface area contributed by atoms with E-state index >= 15 is 0 Å². The zero-order valence-corrected chi connectivity index (χ0v) is 8.69. The minimum atomic E-state index is 0.806. The van der Waals surface area contributed by atoms with Crippen LogP contribution >= 0.6 is 0 Å². The zero-order valence-electron chi connectivity index (χ0n) is 8.69. The van der Waals surface area contributed by atoms with Gasteiger partial charge in [-0.15, -0.1) is 0 Å². The molecule has 0 aromatic heterocycles. The van der Waals surface area contributed by atoms with Gasteiger partial charge >= 0.3 is 0 Å². The van der Waals surface area contributed by atoms with Gasteiger partial charge in [0.15, 0.2) is 0 Å². The summed E-state index contributed by atoms with van der Waals surface area (Å²) in [5.41, 5.74) is 10.5. The van der Waals surface area contributed by atoms with Crippen molar-refractivity contribution in [2.45, 2.75) is 47.0 Å². The van der Waals surface area contributed by atoms with Crippen LogP contribution < -0.4 is 11.5 Å². The Balaban J connectivity index is -0.000000138. The lowest BCUT2D eigenvalue weighted by atomic mass is 10.2. The van der Waals surface area contributed by atoms with Crippen molar-refractivity contribution in [3.8, 4) is 0 Å². The van der Waals surface area contributed by atoms with E-state index in [0.717, 1.165) is 25.9 Å². The number of hydrogen-bond donors (Lipinski definition) is 2. The first-order valence-electron chi connectivity index (χ1n) is 4.82. The van der Waals surface area contributed by atoms with Gasteiger partial charge in [0.2, 0.25) is 0 Å². The summed E-state index contributed by atoms with van der Waals surface area (Å²) >= 11 is 0. The summed E-state index contributed by atoms with van der Waals surface area (Å²) in [7, 11) is 0. The topological polar surface area (TPSA) is 52.0 Å². The maximum Gasteiger partial charge on any atom is -0.00773 e. The molecule has 2 nitrogen and oxygen atoms in total. The Morgan fingerprint density at radius 2 is 0.909 bits per heavy atom. The standard InChI is InChI=1S/C5H14N2.2C2H6/c6-4-2-1-3-5-7;2*1-2/h1-7H2;2*1-2H3. The van der Waals surface area contributed by atoms with Gasteiger partial charge in [0.05, 0.1) is 0 Å². The van der Waals surface area contributed by atoms with Crippen LogP contribution in [0.15, 0.2) is 0 Å². The molecule has 0 aromatic carbocycles. The minimum absolute atomic E-state index is 0.806. The van der Waals surface area contributed by atoms with Gasteiger partial charge in [-0.3, -0.25) is 0 Å². The molecule has 0 aromatic rings. The van der Waals surface area contributed by atoms with Gasteiger partial charge in [-0.25, -0.2) is 0 Å². The molecule has 0 fully saturated rings. The van der Waals surface area contributed by atoms with Crippen LogP contribution in [0.25, 0.3) is 0 Å². The predicted molar refractivity (Wildman–Crippen MR) is 54.7 cm³/mol. The lowest BCUT2D eigenvalue weighted by molar-refractivity contribution is 0.695. The molecule has 4 N–H and O–H groups in total. The van der Waals surface area contributed by atoms with Gasteiger partial charge in [-0.1, -0.05) is 34.1 Å². The van der Waals surface area contributed by atoms with E-state index in [0.29, 0.717) is 0 Å². The van der Waals surface area contributed by atoms with Crippen LogP contribution in [0.1, 0.15) is 47.0 Å². The largest absolute Gasteiger partial charge is 0.330 e. The maximum atomic E-state index is 5.23. The lowest BCUT2D eigenvalue weighted by Gasteiger charge is -1.91. The highest BCUT2D eigenvalue weighted by Crippen LogP contribution is 1.88. The smallest absolute Gasteiger partial charge is 0.00773 e. The van der Waals surface area contributed by atoms with Gasteiger partial charge < -0.3 is 11.5 Å². The molecule has 0 aliphatic carbocycles. The molecule has 0 spiro atoms. The summed E-state index contributed by atoms with van der Waals surface area (Å²) in [4.78, 5) is 0. The first-order valence-corrected chi connectivity index (χ1v) is 4.82. The highest BCUT2D eigenvalue weighted by molar-refractivity contribution is 4.41. The Hall–Kier alpha value is -0.0800. The van der Waals surface area contributed by atoms with E-state index < -0.39 is 0 Å². The zero-order chi connectivity index (χ0) is 9.54. The highest BCUT2D eigenvalue weighted by Gasteiger charge is 1.80. The van der Waals surface area contributed by atoms with E-state index in [1.807, 2.05) is 27.7 Å². The van der Waals surface area contributed by atoms with E-state index in [4.69, 9.17) is 11.5 Å². The molecule has 0 amide bonds. The Labute approximate surface area is 72.4 Å². The Kier molecular flexibility index (Phi) is 50.8. The SMILES string of the molecule is CC.CC.NCCCCCN. The van der Waals surface area contributed by atoms with Crippen LogP contribution in [0.2, 0.25) is 0 Å². The van der Waals surface area contributed by atoms with Crippen molar-refractivity contribution in [1.82, 2.24) is 0 Å². The molecule has 2 heteroatoms. The van der Waals surface area contributed by atoms with E-state index in [2.05, 4.69) is 0 Å². The van der Waals surface area contributed by atoms with Gasteiger partial charge in [0.1, 0.15) is 0 Å². The molecule has 0 aliphatic heterocycles. The average molecular weight is 162 g/mol. The van der Waals surface area contributed by atoms with Crippen LogP contribution in [-0.2, 0) is 0 Å². The van der Waals surface area contributed by atoms with Crippen LogP contribution in [0.3, 0.4) is 0 Å². The fourth-order valence-electron chi connectivity index (χ4n) is 0.465. The number of rotatable bonds is 4. The van der Waals surface area contributed by atoms with Crippen molar-refractivity contribution in [2.24, 2.45) is 11.5 Å². The molecule has 0 saturated heterocycles. The van der Waals surface area contributed by atoms with Gasteiger partial charge in [0, 0.05) is 0 Å². The second kappa shape index (κ2) is 32.6. The number of hydrogen-bond acceptors (Lipinski definition) is 2. The second-order valence-corrected chi connectivity index (χ2v) is 1.64. The van der Waals surface area contributed by atoms with Crippen LogP contribution in [0, 0.1) is 0 Å². The van der Waals surface area contributed by atoms with E-state index in [1.165, 1.54) is 6.42 Å². The third-order valence-corrected chi connectivity index (χ3v) is 0.908. The highest BCUT2D eigenvalue weighted by atomic mass is 14.5. The van der Waals surface area contributed by atoms with Crippen LogP contribution in [0.5, 0.6) is 0 Å². The molecular formula is C9H26N2. The summed E-state index contributed by atoms with van der Waals surface area (Å²) < 4.78 is 0. The fourth-order valence-corrected chi connectivity index (χ4v) is 0.465. The van der Waals surface area contributed by atoms with E-state index in [9.17, 15) is 0 Å². The maximum absolute atomic E-state index is 5.23. The number of unbranched alkanes of at least 4 members (excludes halogenated alkanes) is 2. The first kappa shape index (κ1) is 17.1. The van der Waals surface area contributed by atoms with Crippen molar-refractivity contribution >= 4 is 0 Å². The minimum Gasteiger partial charge on any atom is -0.330 e. The van der Waals surface area contributed by atoms with Gasteiger partial charge in [0.25, 0.3) is 0 Å². The Morgan fingerprint density at radius 3 is 1.09 bits per heavy atom. The molecular weight excluding hydrogens is 136 g/mol. The molecule has 0 atom stereocenters. The Bertz CT molecular complexity index is 26.7. The van der Waals surface area contributed by atoms with Gasteiger partial charge in [-0.2, -0.15) is 0 Å². The molecule has 0 radical (unpaired) electrons. The van der Waals surface area contributed by atoms with Crippen molar-refractivity contribution in [3.05, 3.63) is 0 Å². The second-order valence-electron chi connectivity index (χ2n) is 1.64. The normalized spacial score (nSPS) is 7.09. The monoisotopic (exact) mass is 162 g/mol. The fraction of sp³-hybridized carbons (Fsp3) is 1.00. The molecule has 0 bridgehead atoms. The molecule has 72 valence electrons. The summed E-state index contributed by atoms with van der Waals surface area (Å²) in [6.45, 7) is 9.61. The third-order valence-electron chi connectivity index (χ3n) is 0.908. The average Bonchev–Trinajstić information content (AvgIpc) is 2.13. The van der Waals surface area contributed by atoms with Crippen molar-refractivity contribution in [3.63, 3.8) is 0 Å². The summed E-state index contributed by atoms with van der Waals surface area (Å²) in [6, 6.07) is 0. The Morgan fingerprint density at radius 1 is 0.636 bits per heavy atom. The van der Waals surface area contributed by atoms with E-state index in [-0.39, 0.29) is 0 Å². The molecule has 0 rings (SSSR count). The van der Waals surface area contributed by atoms with Crippen molar-refractivity contribution in [2.75, 3.05) is 13.1 Å². The molecule has 0 heterocycles. The van der Waals surface area contributed by atoms with Crippen molar-refractivity contribution in [1.29, 1.82) is 0 Å². The van der Waals surface area contributed by atoms with Crippen LogP contribution in [-0.4, -0.2) is 13.1 Å². The van der Waals surface area contributed by atoms with Crippen LogP contribution in [0.4, 0.5) is 0 Å². The lowest BCUT2D eigenvalue weighted by Crippen LogP contribution is -2.02. The summed E-state index contributed by atoms with van der Waals surface area (Å²) in [5, 5.41) is 0. The van der Waals surface area contributed by atoms with Crippen molar-refractivity contribution < 1.29 is 0 Å². The number of nitrogens with two attached hydrogens (primary N) is 2. The summed E-state index contributed by atoms with van der Waals surface area (Å²) in [6.07, 6.45) is 3.43. The quantitative estimate of drug-likeness (QED) is 0.622.